The second-order valence-corrected chi connectivity index (χ2v) is 4.08. The summed E-state index contributed by atoms with van der Waals surface area (Å²) in [6, 6.07) is 13.4. The molecule has 0 spiro atoms. The first-order valence-electron chi connectivity index (χ1n) is 5.42. The highest BCUT2D eigenvalue weighted by Crippen LogP contribution is 2.20. The van der Waals surface area contributed by atoms with Gasteiger partial charge in [0, 0.05) is 16.3 Å². The summed E-state index contributed by atoms with van der Waals surface area (Å²) < 4.78 is 0. The lowest BCUT2D eigenvalue weighted by Crippen LogP contribution is -2.12. The van der Waals surface area contributed by atoms with Gasteiger partial charge in [0.1, 0.15) is 0 Å². The Morgan fingerprint density at radius 3 is 2.74 bits per heavy atom. The van der Waals surface area contributed by atoms with E-state index in [1.54, 1.807) is 48.5 Å². The molecule has 0 saturated carbocycles. The normalized spacial score (nSPS) is 9.53. The number of nitrogens with one attached hydrogen (secondary N) is 1. The average molecular weight is 273 g/mol. The van der Waals surface area contributed by atoms with Crippen molar-refractivity contribution in [3.8, 4) is 0 Å². The zero-order chi connectivity index (χ0) is 13.7. The molecular formula is C13H9ClN4O. The number of benzene rings is 2. The Kier molecular flexibility index (Phi) is 4.03. The first-order valence-corrected chi connectivity index (χ1v) is 5.79. The van der Waals surface area contributed by atoms with Gasteiger partial charge in [-0.3, -0.25) is 4.79 Å². The van der Waals surface area contributed by atoms with E-state index in [1.807, 2.05) is 0 Å². The third kappa shape index (κ3) is 3.25. The topological polar surface area (TPSA) is 77.9 Å². The molecule has 0 radical (unpaired) electrons. The molecule has 0 aliphatic heterocycles. The fraction of sp³-hybridized carbons (Fsp3) is 0. The lowest BCUT2D eigenvalue weighted by molar-refractivity contribution is 0.102. The van der Waals surface area contributed by atoms with Crippen molar-refractivity contribution in [1.82, 2.24) is 0 Å². The van der Waals surface area contributed by atoms with Crippen molar-refractivity contribution in [3.05, 3.63) is 69.6 Å². The molecule has 6 heteroatoms. The van der Waals surface area contributed by atoms with Gasteiger partial charge in [-0.05, 0) is 29.8 Å². The molecule has 1 amide bonds. The van der Waals surface area contributed by atoms with Crippen molar-refractivity contribution in [2.24, 2.45) is 5.11 Å². The summed E-state index contributed by atoms with van der Waals surface area (Å²) in [6.45, 7) is 0. The number of hydrogen-bond donors (Lipinski definition) is 1. The summed E-state index contributed by atoms with van der Waals surface area (Å²) >= 11 is 5.94. The summed E-state index contributed by atoms with van der Waals surface area (Å²) in [5, 5.41) is 6.54. The lowest BCUT2D eigenvalue weighted by Gasteiger charge is -2.07. The number of rotatable bonds is 3. The van der Waals surface area contributed by atoms with Gasteiger partial charge in [0.05, 0.1) is 10.6 Å². The van der Waals surface area contributed by atoms with Crippen LogP contribution in [0.4, 0.5) is 11.4 Å². The minimum Gasteiger partial charge on any atom is -0.322 e. The maximum atomic E-state index is 12.0. The fourth-order valence-electron chi connectivity index (χ4n) is 1.54. The van der Waals surface area contributed by atoms with Gasteiger partial charge in [0.2, 0.25) is 0 Å². The van der Waals surface area contributed by atoms with Crippen LogP contribution in [0.5, 0.6) is 0 Å². The Bertz CT molecular complexity index is 665. The van der Waals surface area contributed by atoms with Gasteiger partial charge in [0.25, 0.3) is 5.91 Å². The SMILES string of the molecule is [N-]=[N+]=Nc1cccc(NC(=O)c2ccccc2Cl)c1. The van der Waals surface area contributed by atoms with Crippen LogP contribution in [-0.2, 0) is 0 Å². The summed E-state index contributed by atoms with van der Waals surface area (Å²) in [5.41, 5.74) is 9.71. The van der Waals surface area contributed by atoms with Crippen LogP contribution in [0.2, 0.25) is 5.02 Å². The van der Waals surface area contributed by atoms with Crippen molar-refractivity contribution >= 4 is 28.9 Å². The second-order valence-electron chi connectivity index (χ2n) is 3.67. The second kappa shape index (κ2) is 5.91. The van der Waals surface area contributed by atoms with Crippen LogP contribution in [-0.4, -0.2) is 5.91 Å². The van der Waals surface area contributed by atoms with Gasteiger partial charge >= 0.3 is 0 Å². The number of hydrogen-bond acceptors (Lipinski definition) is 2. The van der Waals surface area contributed by atoms with E-state index >= 15 is 0 Å². The van der Waals surface area contributed by atoms with Crippen LogP contribution in [0, 0.1) is 0 Å². The van der Waals surface area contributed by atoms with Crippen LogP contribution in [0.15, 0.2) is 53.6 Å². The van der Waals surface area contributed by atoms with E-state index in [9.17, 15) is 4.79 Å². The number of amides is 1. The predicted octanol–water partition coefficient (Wildman–Crippen LogP) is 4.53. The van der Waals surface area contributed by atoms with E-state index in [-0.39, 0.29) is 5.91 Å². The highest BCUT2D eigenvalue weighted by atomic mass is 35.5. The Morgan fingerprint density at radius 1 is 1.21 bits per heavy atom. The molecule has 5 nitrogen and oxygen atoms in total. The number of nitrogens with zero attached hydrogens (tertiary/aromatic N) is 3. The van der Waals surface area contributed by atoms with Crippen LogP contribution < -0.4 is 5.32 Å². The van der Waals surface area contributed by atoms with Crippen molar-refractivity contribution < 1.29 is 4.79 Å². The van der Waals surface area contributed by atoms with E-state index in [0.29, 0.717) is 22.0 Å². The largest absolute Gasteiger partial charge is 0.322 e. The van der Waals surface area contributed by atoms with Crippen molar-refractivity contribution in [3.63, 3.8) is 0 Å². The summed E-state index contributed by atoms with van der Waals surface area (Å²) in [6.07, 6.45) is 0. The number of carbonyl (C=O) groups excluding carboxylic acids is 1. The van der Waals surface area contributed by atoms with E-state index in [0.717, 1.165) is 0 Å². The van der Waals surface area contributed by atoms with E-state index in [2.05, 4.69) is 15.3 Å². The Hall–Kier alpha value is -2.49. The molecule has 2 rings (SSSR count). The van der Waals surface area contributed by atoms with Crippen LogP contribution >= 0.6 is 11.6 Å². The molecule has 2 aromatic rings. The average Bonchev–Trinajstić information content (AvgIpc) is 2.40. The Labute approximate surface area is 114 Å². The minimum atomic E-state index is -0.316. The van der Waals surface area contributed by atoms with Crippen molar-refractivity contribution in [1.29, 1.82) is 0 Å². The molecule has 0 heterocycles. The van der Waals surface area contributed by atoms with E-state index < -0.39 is 0 Å². The van der Waals surface area contributed by atoms with Gasteiger partial charge < -0.3 is 5.32 Å². The molecule has 0 aromatic heterocycles. The molecule has 0 fully saturated rings. The number of carbonyl (C=O) groups is 1. The Balaban J connectivity index is 2.22. The molecule has 19 heavy (non-hydrogen) atoms. The molecule has 0 aliphatic carbocycles. The molecule has 2 aromatic carbocycles. The third-order valence-corrected chi connectivity index (χ3v) is 2.71. The smallest absolute Gasteiger partial charge is 0.257 e. The number of halogens is 1. The first kappa shape index (κ1) is 13.0. The van der Waals surface area contributed by atoms with Gasteiger partial charge in [-0.1, -0.05) is 41.0 Å². The highest BCUT2D eigenvalue weighted by Gasteiger charge is 2.09. The highest BCUT2D eigenvalue weighted by molar-refractivity contribution is 6.34. The van der Waals surface area contributed by atoms with Gasteiger partial charge in [-0.2, -0.15) is 0 Å². The molecule has 0 saturated heterocycles. The number of anilines is 1. The fourth-order valence-corrected chi connectivity index (χ4v) is 1.76. The minimum absolute atomic E-state index is 0.316. The van der Waals surface area contributed by atoms with Crippen LogP contribution in [0.1, 0.15) is 10.4 Å². The van der Waals surface area contributed by atoms with Gasteiger partial charge in [-0.15, -0.1) is 0 Å². The van der Waals surface area contributed by atoms with Crippen LogP contribution in [0.3, 0.4) is 0 Å². The maximum absolute atomic E-state index is 12.0. The zero-order valence-corrected chi connectivity index (χ0v) is 10.5. The summed E-state index contributed by atoms with van der Waals surface area (Å²) in [4.78, 5) is 14.7. The maximum Gasteiger partial charge on any atom is 0.257 e. The van der Waals surface area contributed by atoms with Crippen molar-refractivity contribution in [2.75, 3.05) is 5.32 Å². The third-order valence-electron chi connectivity index (χ3n) is 2.38. The summed E-state index contributed by atoms with van der Waals surface area (Å²) in [7, 11) is 0. The molecule has 1 N–H and O–H groups in total. The van der Waals surface area contributed by atoms with Gasteiger partial charge in [0.15, 0.2) is 0 Å². The quantitative estimate of drug-likeness (QED) is 0.497. The van der Waals surface area contributed by atoms with Gasteiger partial charge in [-0.25, -0.2) is 0 Å². The standard InChI is InChI=1S/C13H9ClN4O/c14-12-7-2-1-6-11(12)13(19)16-9-4-3-5-10(8-9)17-18-15/h1-8H,(H,16,19). The molecular weight excluding hydrogens is 264 g/mol. The monoisotopic (exact) mass is 272 g/mol. The first-order chi connectivity index (χ1) is 9.20. The molecule has 94 valence electrons. The molecule has 0 atom stereocenters. The van der Waals surface area contributed by atoms with E-state index in [1.165, 1.54) is 0 Å². The number of azide groups is 1. The van der Waals surface area contributed by atoms with Crippen LogP contribution in [0.25, 0.3) is 10.4 Å². The lowest BCUT2D eigenvalue weighted by atomic mass is 10.2. The summed E-state index contributed by atoms with van der Waals surface area (Å²) in [5.74, 6) is -0.316. The predicted molar refractivity (Wildman–Crippen MR) is 74.7 cm³/mol. The Morgan fingerprint density at radius 2 is 2.00 bits per heavy atom. The van der Waals surface area contributed by atoms with E-state index in [4.69, 9.17) is 17.1 Å². The zero-order valence-electron chi connectivity index (χ0n) is 9.75. The van der Waals surface area contributed by atoms with Crippen molar-refractivity contribution in [2.45, 2.75) is 0 Å². The molecule has 0 aliphatic rings. The molecule has 0 unspecified atom stereocenters. The molecule has 0 bridgehead atoms.